The predicted octanol–water partition coefficient (Wildman–Crippen LogP) is -2.16. The molecule has 2 bridgehead atoms. The maximum atomic E-state index is 11.0. The van der Waals surface area contributed by atoms with Crippen LogP contribution in [-0.4, -0.2) is 134 Å². The lowest BCUT2D eigenvalue weighted by molar-refractivity contribution is -0.579. The lowest BCUT2D eigenvalue weighted by Crippen LogP contribution is -2.71. The van der Waals surface area contributed by atoms with Crippen molar-refractivity contribution >= 4 is 0 Å². The van der Waals surface area contributed by atoms with Gasteiger partial charge in [-0.1, -0.05) is 13.8 Å². The zero-order chi connectivity index (χ0) is 30.1. The predicted molar refractivity (Wildman–Crippen MR) is 134 cm³/mol. The lowest BCUT2D eigenvalue weighted by atomic mass is 9.58. The van der Waals surface area contributed by atoms with Gasteiger partial charge in [-0.25, -0.2) is 9.78 Å². The van der Waals surface area contributed by atoms with Crippen molar-refractivity contribution in [2.45, 2.75) is 132 Å². The van der Waals surface area contributed by atoms with Gasteiger partial charge in [-0.3, -0.25) is 0 Å². The molecule has 7 aliphatic rings. The first-order chi connectivity index (χ1) is 19.9. The van der Waals surface area contributed by atoms with Gasteiger partial charge in [0.1, 0.15) is 48.8 Å². The van der Waals surface area contributed by atoms with E-state index in [0.717, 1.165) is 19.3 Å². The molecule has 242 valence electrons. The number of fused-ring (bicyclic) bond motifs is 2. The summed E-state index contributed by atoms with van der Waals surface area (Å²) in [6, 6.07) is 0. The molecule has 7 fully saturated rings. The van der Waals surface area contributed by atoms with Crippen LogP contribution < -0.4 is 0 Å². The molecule has 1 spiro atoms. The maximum Gasteiger partial charge on any atom is 0.201 e. The van der Waals surface area contributed by atoms with E-state index in [0.29, 0.717) is 12.3 Å². The van der Waals surface area contributed by atoms with E-state index in [9.17, 15) is 35.7 Å². The molecule has 0 unspecified atom stereocenters. The molecule has 0 aromatic rings. The molecular formula is C27H44O15. The Labute approximate surface area is 243 Å². The second-order valence-electron chi connectivity index (χ2n) is 12.9. The van der Waals surface area contributed by atoms with Crippen LogP contribution in [0.15, 0.2) is 0 Å². The Morgan fingerprint density at radius 2 is 1.36 bits per heavy atom. The summed E-state index contributed by atoms with van der Waals surface area (Å²) < 4.78 is 35.7. The van der Waals surface area contributed by atoms with Crippen molar-refractivity contribution < 1.29 is 73.9 Å². The van der Waals surface area contributed by atoms with Crippen molar-refractivity contribution in [3.63, 3.8) is 0 Å². The van der Waals surface area contributed by atoms with Crippen LogP contribution in [0.25, 0.3) is 0 Å². The number of ether oxygens (including phenoxy) is 6. The molecule has 1 aliphatic carbocycles. The molecule has 18 atom stereocenters. The van der Waals surface area contributed by atoms with Gasteiger partial charge in [0.25, 0.3) is 0 Å². The van der Waals surface area contributed by atoms with E-state index in [-0.39, 0.29) is 17.8 Å². The summed E-state index contributed by atoms with van der Waals surface area (Å²) in [7, 11) is 0. The third-order valence-electron chi connectivity index (χ3n) is 10.3. The molecule has 0 radical (unpaired) electrons. The molecule has 6 heterocycles. The Bertz CT molecular complexity index is 954. The standard InChI is InChI=1S/C27H44O15/c1-10-4-5-13-11(2)22(39-25-27(13)12(10)6-7-26(3,40-25)41-42-27)38-24-20(34)18(32)21(15(9-29)36-24)37-23-19(33)17(31)16(30)14(8-28)35-23/h10-25,28-34H,4-9H2,1-3H3/t10-,11-,12+,13+,14-,15-,16-,17+,18-,19-,20-,21-,22+,23+,24+,25-,26-,27-/m1/s1. The third-order valence-corrected chi connectivity index (χ3v) is 10.3. The highest BCUT2D eigenvalue weighted by molar-refractivity contribution is 5.09. The van der Waals surface area contributed by atoms with Crippen molar-refractivity contribution in [3.05, 3.63) is 0 Å². The zero-order valence-electron chi connectivity index (χ0n) is 23.9. The number of aliphatic hydroxyl groups excluding tert-OH is 7. The van der Waals surface area contributed by atoms with Gasteiger partial charge in [-0.2, -0.15) is 0 Å². The van der Waals surface area contributed by atoms with E-state index in [1.54, 1.807) is 6.92 Å². The molecule has 1 saturated carbocycles. The monoisotopic (exact) mass is 608 g/mol. The molecule has 6 aliphatic heterocycles. The van der Waals surface area contributed by atoms with Crippen LogP contribution in [0.3, 0.4) is 0 Å². The van der Waals surface area contributed by atoms with Crippen molar-refractivity contribution in [2.75, 3.05) is 13.2 Å². The normalized spacial score (nSPS) is 57.9. The highest BCUT2D eigenvalue weighted by atomic mass is 17.3. The minimum absolute atomic E-state index is 0.0633. The van der Waals surface area contributed by atoms with Gasteiger partial charge in [0, 0.05) is 18.3 Å². The Morgan fingerprint density at radius 3 is 2.07 bits per heavy atom. The van der Waals surface area contributed by atoms with Crippen molar-refractivity contribution in [1.29, 1.82) is 0 Å². The Kier molecular flexibility index (Phi) is 8.70. The molecule has 7 rings (SSSR count). The first-order valence-electron chi connectivity index (χ1n) is 14.9. The average molecular weight is 609 g/mol. The zero-order valence-corrected chi connectivity index (χ0v) is 23.9. The van der Waals surface area contributed by atoms with E-state index in [1.807, 2.05) is 6.92 Å². The SMILES string of the molecule is C[C@H]1[C@@H](O[C@@H]2O[C@H](CO)[C@@H](O[C@@H]3O[C@H](CO)[C@@H](O)[C@H](O)[C@H]3O)[C@H](O)[C@H]2O)O[C@@H]2O[C@@]3(C)CC[C@H]4[C@H](C)CC[C@@H]1[C@@]24OO3. The highest BCUT2D eigenvalue weighted by Gasteiger charge is 2.70. The van der Waals surface area contributed by atoms with Gasteiger partial charge in [0.15, 0.2) is 30.8 Å². The van der Waals surface area contributed by atoms with Crippen LogP contribution >= 0.6 is 0 Å². The van der Waals surface area contributed by atoms with Gasteiger partial charge in [-0.15, -0.1) is 0 Å². The molecule has 0 aromatic carbocycles. The molecular weight excluding hydrogens is 564 g/mol. The summed E-state index contributed by atoms with van der Waals surface area (Å²) in [5, 5.41) is 72.1. The highest BCUT2D eigenvalue weighted by Crippen LogP contribution is 2.60. The molecule has 6 saturated heterocycles. The van der Waals surface area contributed by atoms with Crippen molar-refractivity contribution in [3.8, 4) is 0 Å². The Balaban J connectivity index is 1.17. The van der Waals surface area contributed by atoms with Crippen molar-refractivity contribution in [1.82, 2.24) is 0 Å². The van der Waals surface area contributed by atoms with Crippen LogP contribution in [0.4, 0.5) is 0 Å². The Morgan fingerprint density at radius 1 is 0.690 bits per heavy atom. The van der Waals surface area contributed by atoms with Crippen molar-refractivity contribution in [2.24, 2.45) is 23.7 Å². The second-order valence-corrected chi connectivity index (χ2v) is 12.9. The fraction of sp³-hybridized carbons (Fsp3) is 1.00. The van der Waals surface area contributed by atoms with Crippen LogP contribution in [0.2, 0.25) is 0 Å². The number of hydrogen-bond donors (Lipinski definition) is 7. The molecule has 15 nitrogen and oxygen atoms in total. The second kappa shape index (κ2) is 11.6. The summed E-state index contributed by atoms with van der Waals surface area (Å²) in [4.78, 5) is 12.0. The van der Waals surface area contributed by atoms with Crippen LogP contribution in [0, 0.1) is 23.7 Å². The number of hydrogen-bond acceptors (Lipinski definition) is 15. The Hall–Kier alpha value is -0.600. The van der Waals surface area contributed by atoms with Gasteiger partial charge in [-0.05, 0) is 38.0 Å². The van der Waals surface area contributed by atoms with E-state index >= 15 is 0 Å². The summed E-state index contributed by atoms with van der Waals surface area (Å²) in [5.74, 6) is -0.793. The van der Waals surface area contributed by atoms with Gasteiger partial charge in [0.05, 0.1) is 13.2 Å². The minimum atomic E-state index is -1.76. The van der Waals surface area contributed by atoms with Gasteiger partial charge < -0.3 is 64.2 Å². The fourth-order valence-electron chi connectivity index (χ4n) is 7.83. The summed E-state index contributed by atoms with van der Waals surface area (Å²) >= 11 is 0. The van der Waals surface area contributed by atoms with E-state index in [2.05, 4.69) is 6.92 Å². The summed E-state index contributed by atoms with van der Waals surface area (Å²) in [5.41, 5.74) is -0.823. The average Bonchev–Trinajstić information content (AvgIpc) is 3.20. The largest absolute Gasteiger partial charge is 0.394 e. The van der Waals surface area contributed by atoms with Gasteiger partial charge in [0.2, 0.25) is 5.79 Å². The molecule has 0 amide bonds. The van der Waals surface area contributed by atoms with Crippen LogP contribution in [0.5, 0.6) is 0 Å². The fourth-order valence-corrected chi connectivity index (χ4v) is 7.83. The first kappa shape index (κ1) is 31.4. The topological polar surface area (TPSA) is 215 Å². The minimum Gasteiger partial charge on any atom is -0.394 e. The van der Waals surface area contributed by atoms with E-state index in [1.165, 1.54) is 0 Å². The summed E-state index contributed by atoms with van der Waals surface area (Å²) in [6.45, 7) is 4.61. The first-order valence-corrected chi connectivity index (χ1v) is 14.9. The van der Waals surface area contributed by atoms with Gasteiger partial charge >= 0.3 is 0 Å². The number of aliphatic hydroxyl groups is 7. The maximum absolute atomic E-state index is 11.0. The van der Waals surface area contributed by atoms with E-state index < -0.39 is 98.6 Å². The third kappa shape index (κ3) is 4.94. The molecule has 7 N–H and O–H groups in total. The smallest absolute Gasteiger partial charge is 0.201 e. The van der Waals surface area contributed by atoms with Crippen LogP contribution in [0.1, 0.15) is 46.5 Å². The summed E-state index contributed by atoms with van der Waals surface area (Å²) in [6.07, 6.45) is -13.9. The molecule has 0 aromatic heterocycles. The quantitative estimate of drug-likeness (QED) is 0.160. The molecule has 42 heavy (non-hydrogen) atoms. The number of rotatable bonds is 6. The lowest BCUT2D eigenvalue weighted by Gasteiger charge is -2.60. The van der Waals surface area contributed by atoms with E-state index in [4.69, 9.17) is 38.2 Å². The molecule has 15 heteroatoms. The van der Waals surface area contributed by atoms with Crippen LogP contribution in [-0.2, 0) is 38.2 Å².